The molecule has 1 fully saturated rings. The second-order valence-electron chi connectivity index (χ2n) is 12.6. The number of alkyl halides is 3. The van der Waals surface area contributed by atoms with E-state index < -0.39 is 39.6 Å². The first-order chi connectivity index (χ1) is 25.8. The topological polar surface area (TPSA) is 88.6 Å². The number of hydrogen-bond donors (Lipinski definition) is 0. The van der Waals surface area contributed by atoms with Crippen molar-refractivity contribution in [1.29, 1.82) is 0 Å². The van der Waals surface area contributed by atoms with Crippen molar-refractivity contribution in [2.45, 2.75) is 25.3 Å². The third-order valence-electron chi connectivity index (χ3n) is 8.99. The summed E-state index contributed by atoms with van der Waals surface area (Å²) in [5.74, 6) is 1.81. The summed E-state index contributed by atoms with van der Waals surface area (Å²) in [6, 6.07) is 30.8. The molecule has 0 unspecified atom stereocenters. The van der Waals surface area contributed by atoms with Crippen molar-refractivity contribution in [3.63, 3.8) is 0 Å². The number of nitrogens with zero attached hydrogens (tertiary/aromatic N) is 3. The molecule has 0 saturated carbocycles. The highest BCUT2D eigenvalue weighted by Crippen LogP contribution is 2.38. The van der Waals surface area contributed by atoms with Crippen LogP contribution in [0, 0.1) is 0 Å². The maximum Gasteiger partial charge on any atom is 0.416 e. The standard InChI is InChI=1S/C40H37ClF3N3O6S/c1-51-34-14-6-28(7-15-34)25-46(26-29-8-16-35(52-2)17-9-29)54(49,50)23-22-45-27-38(30-4-3-5-31(24-30)40(42,43)44)47(39(45)48)33-12-20-37(21-13-33)53-36-18-10-32(41)11-19-36/h3-21,24,38H,22-23,25-27H2,1-2H3/t38-/m1/s1. The van der Waals surface area contributed by atoms with Crippen molar-refractivity contribution in [2.75, 3.05) is 38.0 Å². The van der Waals surface area contributed by atoms with Gasteiger partial charge in [-0.25, -0.2) is 13.2 Å². The number of urea groups is 1. The van der Waals surface area contributed by atoms with Gasteiger partial charge in [0, 0.05) is 36.9 Å². The summed E-state index contributed by atoms with van der Waals surface area (Å²) in [5.41, 5.74) is 1.25. The summed E-state index contributed by atoms with van der Waals surface area (Å²) in [6.45, 7) is -0.145. The van der Waals surface area contributed by atoms with Gasteiger partial charge in [-0.2, -0.15) is 17.5 Å². The van der Waals surface area contributed by atoms with Crippen LogP contribution in [0.3, 0.4) is 0 Å². The van der Waals surface area contributed by atoms with Gasteiger partial charge in [0.1, 0.15) is 23.0 Å². The van der Waals surface area contributed by atoms with Crippen molar-refractivity contribution >= 4 is 33.3 Å². The number of halogens is 4. The number of benzene rings is 5. The minimum atomic E-state index is -4.60. The van der Waals surface area contributed by atoms with Gasteiger partial charge in [0.15, 0.2) is 0 Å². The fourth-order valence-corrected chi connectivity index (χ4v) is 7.62. The molecule has 0 aliphatic carbocycles. The smallest absolute Gasteiger partial charge is 0.416 e. The second kappa shape index (κ2) is 16.4. The number of carbonyl (C=O) groups excluding carboxylic acids is 1. The van der Waals surface area contributed by atoms with Crippen LogP contribution >= 0.6 is 11.6 Å². The fraction of sp³-hybridized carbons (Fsp3) is 0.225. The molecule has 1 atom stereocenters. The Labute approximate surface area is 317 Å². The molecule has 1 saturated heterocycles. The number of rotatable bonds is 14. The zero-order valence-corrected chi connectivity index (χ0v) is 30.9. The lowest BCUT2D eigenvalue weighted by Crippen LogP contribution is -2.39. The molecule has 0 bridgehead atoms. The van der Waals surface area contributed by atoms with Crippen LogP contribution in [0.1, 0.15) is 28.3 Å². The molecule has 0 N–H and O–H groups in total. The summed E-state index contributed by atoms with van der Waals surface area (Å²) in [4.78, 5) is 16.9. The second-order valence-corrected chi connectivity index (χ2v) is 15.1. The molecule has 1 aliphatic heterocycles. The van der Waals surface area contributed by atoms with Crippen LogP contribution in [0.15, 0.2) is 121 Å². The fourth-order valence-electron chi connectivity index (χ4n) is 6.10. The van der Waals surface area contributed by atoms with Gasteiger partial charge in [0.2, 0.25) is 10.0 Å². The Bertz CT molecular complexity index is 2100. The van der Waals surface area contributed by atoms with E-state index in [0.29, 0.717) is 33.7 Å². The number of carbonyl (C=O) groups is 1. The van der Waals surface area contributed by atoms with E-state index in [9.17, 15) is 26.4 Å². The lowest BCUT2D eigenvalue weighted by Gasteiger charge is -2.25. The monoisotopic (exact) mass is 779 g/mol. The predicted molar refractivity (Wildman–Crippen MR) is 201 cm³/mol. The van der Waals surface area contributed by atoms with Gasteiger partial charge < -0.3 is 19.1 Å². The van der Waals surface area contributed by atoms with Crippen LogP contribution in [0.4, 0.5) is 23.7 Å². The van der Waals surface area contributed by atoms with Crippen LogP contribution < -0.4 is 19.1 Å². The molecule has 282 valence electrons. The number of amides is 2. The first-order valence-electron chi connectivity index (χ1n) is 16.9. The molecule has 2 amide bonds. The van der Waals surface area contributed by atoms with Crippen LogP contribution in [0.25, 0.3) is 0 Å². The average molecular weight is 780 g/mol. The van der Waals surface area contributed by atoms with Crippen LogP contribution in [0.2, 0.25) is 5.02 Å². The Kier molecular flexibility index (Phi) is 11.7. The van der Waals surface area contributed by atoms with Gasteiger partial charge in [-0.15, -0.1) is 0 Å². The Hall–Kier alpha value is -5.24. The Morgan fingerprint density at radius 1 is 0.759 bits per heavy atom. The summed E-state index contributed by atoms with van der Waals surface area (Å²) >= 11 is 5.98. The van der Waals surface area contributed by atoms with E-state index in [0.717, 1.165) is 23.3 Å². The van der Waals surface area contributed by atoms with E-state index in [1.165, 1.54) is 26.2 Å². The molecule has 14 heteroatoms. The molecular weight excluding hydrogens is 743 g/mol. The molecule has 1 aliphatic rings. The molecule has 9 nitrogen and oxygen atoms in total. The van der Waals surface area contributed by atoms with Crippen molar-refractivity contribution < 1.29 is 40.6 Å². The van der Waals surface area contributed by atoms with Gasteiger partial charge in [-0.1, -0.05) is 48.0 Å². The van der Waals surface area contributed by atoms with Crippen LogP contribution in [0.5, 0.6) is 23.0 Å². The summed E-state index contributed by atoms with van der Waals surface area (Å²) in [7, 11) is -0.921. The largest absolute Gasteiger partial charge is 0.497 e. The van der Waals surface area contributed by atoms with Crippen molar-refractivity contribution in [1.82, 2.24) is 9.21 Å². The highest BCUT2D eigenvalue weighted by molar-refractivity contribution is 7.89. The van der Waals surface area contributed by atoms with Gasteiger partial charge in [-0.05, 0) is 102 Å². The van der Waals surface area contributed by atoms with Gasteiger partial charge in [0.05, 0.1) is 31.6 Å². The lowest BCUT2D eigenvalue weighted by atomic mass is 10.0. The van der Waals surface area contributed by atoms with Crippen molar-refractivity contribution in [3.8, 4) is 23.0 Å². The van der Waals surface area contributed by atoms with E-state index in [1.54, 1.807) is 111 Å². The third kappa shape index (κ3) is 9.27. The number of methoxy groups -OCH3 is 2. The molecule has 6 rings (SSSR count). The van der Waals surface area contributed by atoms with Gasteiger partial charge in [0.25, 0.3) is 0 Å². The number of hydrogen-bond acceptors (Lipinski definition) is 6. The molecule has 5 aromatic carbocycles. The minimum absolute atomic E-state index is 0.0460. The normalized spacial score (nSPS) is 14.8. The molecule has 0 spiro atoms. The van der Waals surface area contributed by atoms with E-state index in [1.807, 2.05) is 0 Å². The zero-order chi connectivity index (χ0) is 38.5. The van der Waals surface area contributed by atoms with Crippen molar-refractivity contribution in [3.05, 3.63) is 149 Å². The number of ether oxygens (including phenoxy) is 3. The van der Waals surface area contributed by atoms with Crippen LogP contribution in [-0.2, 0) is 29.3 Å². The maximum absolute atomic E-state index is 14.1. The van der Waals surface area contributed by atoms with Gasteiger partial charge >= 0.3 is 12.2 Å². The quantitative estimate of drug-likeness (QED) is 0.112. The molecule has 54 heavy (non-hydrogen) atoms. The number of anilines is 1. The van der Waals surface area contributed by atoms with E-state index in [-0.39, 0.29) is 31.7 Å². The average Bonchev–Trinajstić information content (AvgIpc) is 3.51. The van der Waals surface area contributed by atoms with E-state index in [2.05, 4.69) is 0 Å². The lowest BCUT2D eigenvalue weighted by molar-refractivity contribution is -0.137. The summed E-state index contributed by atoms with van der Waals surface area (Å²) in [6.07, 6.45) is -4.60. The van der Waals surface area contributed by atoms with Crippen LogP contribution in [-0.4, -0.2) is 56.7 Å². The number of sulfonamides is 1. The SMILES string of the molecule is COc1ccc(CN(Cc2ccc(OC)cc2)S(=O)(=O)CCN2C[C@H](c3cccc(C(F)(F)F)c3)N(c3ccc(Oc4ccc(Cl)cc4)cc3)C2=O)cc1. The molecule has 0 aromatic heterocycles. The first kappa shape index (κ1) is 38.5. The Morgan fingerprint density at radius 3 is 1.80 bits per heavy atom. The van der Waals surface area contributed by atoms with E-state index >= 15 is 0 Å². The first-order valence-corrected chi connectivity index (χ1v) is 18.8. The minimum Gasteiger partial charge on any atom is -0.497 e. The summed E-state index contributed by atoms with van der Waals surface area (Å²) < 4.78 is 87.3. The zero-order valence-electron chi connectivity index (χ0n) is 29.4. The Morgan fingerprint density at radius 2 is 1.28 bits per heavy atom. The highest BCUT2D eigenvalue weighted by Gasteiger charge is 2.41. The highest BCUT2D eigenvalue weighted by atomic mass is 35.5. The molecule has 1 heterocycles. The maximum atomic E-state index is 14.1. The molecule has 5 aromatic rings. The molecule has 0 radical (unpaired) electrons. The van der Waals surface area contributed by atoms with E-state index in [4.69, 9.17) is 25.8 Å². The summed E-state index contributed by atoms with van der Waals surface area (Å²) in [5, 5.41) is 0.547. The molecular formula is C40H37ClF3N3O6S. The Balaban J connectivity index is 1.26. The third-order valence-corrected chi connectivity index (χ3v) is 11.0. The van der Waals surface area contributed by atoms with Crippen molar-refractivity contribution in [2.24, 2.45) is 0 Å². The van der Waals surface area contributed by atoms with Gasteiger partial charge in [-0.3, -0.25) is 4.90 Å². The predicted octanol–water partition coefficient (Wildman–Crippen LogP) is 9.18.